The van der Waals surface area contributed by atoms with Crippen LogP contribution in [0.3, 0.4) is 0 Å². The van der Waals surface area contributed by atoms with E-state index in [-0.39, 0.29) is 5.95 Å². The largest absolute Gasteiger partial charge is 0.434 e. The minimum Gasteiger partial charge on any atom is -0.390 e. The van der Waals surface area contributed by atoms with Crippen LogP contribution in [0.15, 0.2) is 12.4 Å². The number of hydrogen-bond acceptors (Lipinski definition) is 3. The Kier molecular flexibility index (Phi) is 3.00. The van der Waals surface area contributed by atoms with Crippen LogP contribution >= 0.6 is 0 Å². The van der Waals surface area contributed by atoms with Gasteiger partial charge in [0.25, 0.3) is 0 Å². The molecule has 0 aromatic carbocycles. The summed E-state index contributed by atoms with van der Waals surface area (Å²) in [4.78, 5) is 13.6. The Hall–Kier alpha value is -1.39. The minimum absolute atomic E-state index is 0.0688. The summed E-state index contributed by atoms with van der Waals surface area (Å²) in [7, 11) is 0. The highest BCUT2D eigenvalue weighted by Gasteiger charge is 2.13. The maximum atomic E-state index is 10.4. The quantitative estimate of drug-likeness (QED) is 0.528. The molecule has 13 heavy (non-hydrogen) atoms. The fourth-order valence-corrected chi connectivity index (χ4v) is 1.05. The lowest BCUT2D eigenvalue weighted by Crippen LogP contribution is -2.04. The third-order valence-corrected chi connectivity index (χ3v) is 1.80. The van der Waals surface area contributed by atoms with Crippen molar-refractivity contribution in [1.29, 1.82) is 0 Å². The van der Waals surface area contributed by atoms with Crippen LogP contribution in [-0.2, 0) is 6.54 Å². The lowest BCUT2D eigenvalue weighted by atomic mass is 10.1. The number of aryl methyl sites for hydroxylation is 1. The summed E-state index contributed by atoms with van der Waals surface area (Å²) in [5.74, 6) is 0.475. The van der Waals surface area contributed by atoms with Gasteiger partial charge in [0.05, 0.1) is 6.54 Å². The molecular weight excluding hydrogens is 170 g/mol. The topological polar surface area (TPSA) is 61.0 Å². The molecule has 0 saturated heterocycles. The Morgan fingerprint density at radius 2 is 2.38 bits per heavy atom. The Bertz CT molecular complexity index is 293. The number of nitrogens with zero attached hydrogens (tertiary/aromatic N) is 3. The van der Waals surface area contributed by atoms with Crippen molar-refractivity contribution in [1.82, 2.24) is 9.55 Å². The highest BCUT2D eigenvalue weighted by atomic mass is 16.6. The van der Waals surface area contributed by atoms with Crippen molar-refractivity contribution in [2.75, 3.05) is 0 Å². The molecule has 0 unspecified atom stereocenters. The van der Waals surface area contributed by atoms with Gasteiger partial charge in [0.2, 0.25) is 0 Å². The van der Waals surface area contributed by atoms with Gasteiger partial charge in [-0.1, -0.05) is 18.8 Å². The minimum atomic E-state index is -0.458. The molecule has 1 aromatic heterocycles. The lowest BCUT2D eigenvalue weighted by Gasteiger charge is -2.03. The SMILES string of the molecule is CC(C)CCn1ccnc1[N+](=O)[O-]. The molecule has 1 heterocycles. The van der Waals surface area contributed by atoms with Gasteiger partial charge in [0, 0.05) is 0 Å². The molecule has 5 heteroatoms. The number of hydrogen-bond donors (Lipinski definition) is 0. The van der Waals surface area contributed by atoms with Gasteiger partial charge >= 0.3 is 5.95 Å². The third-order valence-electron chi connectivity index (χ3n) is 1.80. The van der Waals surface area contributed by atoms with Gasteiger partial charge in [-0.3, -0.25) is 0 Å². The zero-order chi connectivity index (χ0) is 9.84. The second-order valence-corrected chi connectivity index (χ2v) is 3.36. The molecule has 0 spiro atoms. The van der Waals surface area contributed by atoms with Crippen molar-refractivity contribution in [3.8, 4) is 0 Å². The van der Waals surface area contributed by atoms with Crippen molar-refractivity contribution >= 4 is 5.95 Å². The summed E-state index contributed by atoms with van der Waals surface area (Å²) in [6.07, 6.45) is 4.02. The molecule has 1 aromatic rings. The van der Waals surface area contributed by atoms with Gasteiger partial charge in [-0.25, -0.2) is 4.57 Å². The first-order valence-electron chi connectivity index (χ1n) is 4.26. The number of rotatable bonds is 4. The summed E-state index contributed by atoms with van der Waals surface area (Å²) < 4.78 is 1.57. The van der Waals surface area contributed by atoms with Crippen molar-refractivity contribution in [2.24, 2.45) is 5.92 Å². The molecule has 0 bridgehead atoms. The zero-order valence-electron chi connectivity index (χ0n) is 7.80. The Morgan fingerprint density at radius 3 is 2.92 bits per heavy atom. The Balaban J connectivity index is 2.65. The van der Waals surface area contributed by atoms with E-state index in [0.717, 1.165) is 6.42 Å². The fourth-order valence-electron chi connectivity index (χ4n) is 1.05. The maximum Gasteiger partial charge on any atom is 0.434 e. The van der Waals surface area contributed by atoms with Crippen LogP contribution in [0.1, 0.15) is 20.3 Å². The van der Waals surface area contributed by atoms with E-state index in [0.29, 0.717) is 12.5 Å². The molecule has 0 atom stereocenters. The van der Waals surface area contributed by atoms with Gasteiger partial charge in [-0.05, 0) is 17.3 Å². The smallest absolute Gasteiger partial charge is 0.390 e. The molecule has 0 amide bonds. The van der Waals surface area contributed by atoms with E-state index in [1.807, 2.05) is 0 Å². The highest BCUT2D eigenvalue weighted by molar-refractivity contribution is 5.06. The van der Waals surface area contributed by atoms with Crippen molar-refractivity contribution < 1.29 is 4.92 Å². The van der Waals surface area contributed by atoms with Gasteiger partial charge in [-0.15, -0.1) is 0 Å². The summed E-state index contributed by atoms with van der Waals surface area (Å²) >= 11 is 0. The molecule has 0 aliphatic rings. The zero-order valence-corrected chi connectivity index (χ0v) is 7.80. The van der Waals surface area contributed by atoms with E-state index in [1.54, 1.807) is 10.8 Å². The predicted molar refractivity (Wildman–Crippen MR) is 48.3 cm³/mol. The molecule has 0 aliphatic heterocycles. The number of aromatic nitrogens is 2. The van der Waals surface area contributed by atoms with E-state index >= 15 is 0 Å². The van der Waals surface area contributed by atoms with Crippen LogP contribution in [0.5, 0.6) is 0 Å². The Labute approximate surface area is 76.5 Å². The first kappa shape index (κ1) is 9.70. The monoisotopic (exact) mass is 183 g/mol. The van der Waals surface area contributed by atoms with E-state index in [2.05, 4.69) is 18.8 Å². The average molecular weight is 183 g/mol. The van der Waals surface area contributed by atoms with Gasteiger partial charge in [0.1, 0.15) is 12.4 Å². The second-order valence-electron chi connectivity index (χ2n) is 3.36. The van der Waals surface area contributed by atoms with Crippen molar-refractivity contribution in [3.63, 3.8) is 0 Å². The van der Waals surface area contributed by atoms with Crippen LogP contribution < -0.4 is 0 Å². The molecule has 1 rings (SSSR count). The normalized spacial score (nSPS) is 10.7. The maximum absolute atomic E-state index is 10.4. The molecule has 5 nitrogen and oxygen atoms in total. The summed E-state index contributed by atoms with van der Waals surface area (Å²) in [5, 5.41) is 10.4. The first-order chi connectivity index (χ1) is 6.11. The van der Waals surface area contributed by atoms with Crippen LogP contribution in [0.4, 0.5) is 5.95 Å². The molecule has 0 saturated carbocycles. The third kappa shape index (κ3) is 2.54. The first-order valence-corrected chi connectivity index (χ1v) is 4.26. The van der Waals surface area contributed by atoms with Gasteiger partial charge < -0.3 is 10.1 Å². The standard InChI is InChI=1S/C8H13N3O2/c1-7(2)3-5-10-6-4-9-8(10)11(12)13/h4,6-7H,3,5H2,1-2H3. The molecule has 0 aliphatic carbocycles. The van der Waals surface area contributed by atoms with E-state index in [4.69, 9.17) is 0 Å². The number of imidazole rings is 1. The van der Waals surface area contributed by atoms with Crippen LogP contribution in [0.25, 0.3) is 0 Å². The summed E-state index contributed by atoms with van der Waals surface area (Å²) in [5.41, 5.74) is 0. The van der Waals surface area contributed by atoms with Crippen molar-refractivity contribution in [3.05, 3.63) is 22.5 Å². The van der Waals surface area contributed by atoms with Gasteiger partial charge in [0.15, 0.2) is 0 Å². The van der Waals surface area contributed by atoms with E-state index in [1.165, 1.54) is 6.20 Å². The van der Waals surface area contributed by atoms with Crippen LogP contribution in [0, 0.1) is 16.0 Å². The molecule has 0 N–H and O–H groups in total. The molecule has 72 valence electrons. The van der Waals surface area contributed by atoms with Crippen LogP contribution in [0.2, 0.25) is 0 Å². The lowest BCUT2D eigenvalue weighted by molar-refractivity contribution is -0.396. The fraction of sp³-hybridized carbons (Fsp3) is 0.625. The average Bonchev–Trinajstić information content (AvgIpc) is 2.47. The molecule has 0 radical (unpaired) electrons. The second kappa shape index (κ2) is 4.02. The Morgan fingerprint density at radius 1 is 1.69 bits per heavy atom. The van der Waals surface area contributed by atoms with E-state index < -0.39 is 4.92 Å². The number of nitro groups is 1. The van der Waals surface area contributed by atoms with Crippen molar-refractivity contribution in [2.45, 2.75) is 26.8 Å². The van der Waals surface area contributed by atoms with Crippen LogP contribution in [-0.4, -0.2) is 14.5 Å². The highest BCUT2D eigenvalue weighted by Crippen LogP contribution is 2.10. The van der Waals surface area contributed by atoms with E-state index in [9.17, 15) is 10.1 Å². The predicted octanol–water partition coefficient (Wildman–Crippen LogP) is 1.84. The summed E-state index contributed by atoms with van der Waals surface area (Å²) in [6, 6.07) is 0. The molecule has 0 fully saturated rings. The van der Waals surface area contributed by atoms with Gasteiger partial charge in [-0.2, -0.15) is 0 Å². The molecular formula is C8H13N3O2. The summed E-state index contributed by atoms with van der Waals surface area (Å²) in [6.45, 7) is 4.83.